The molecule has 0 aliphatic carbocycles. The first kappa shape index (κ1) is 9.70. The van der Waals surface area contributed by atoms with E-state index >= 15 is 0 Å². The van der Waals surface area contributed by atoms with E-state index < -0.39 is 6.36 Å². The largest absolute Gasteiger partial charge is 0.573 e. The number of hydrogen-bond donors (Lipinski definition) is 1. The maximum atomic E-state index is 11.7. The van der Waals surface area contributed by atoms with Gasteiger partial charge in [0.2, 0.25) is 0 Å². The number of halogens is 3. The van der Waals surface area contributed by atoms with Gasteiger partial charge in [0, 0.05) is 0 Å². The number of rotatable bonds is 1. The van der Waals surface area contributed by atoms with Crippen LogP contribution in [0.2, 0.25) is 0 Å². The van der Waals surface area contributed by atoms with E-state index in [1.54, 1.807) is 0 Å². The van der Waals surface area contributed by atoms with Crippen molar-refractivity contribution in [3.05, 3.63) is 23.8 Å². The summed E-state index contributed by atoms with van der Waals surface area (Å²) < 4.78 is 38.9. The van der Waals surface area contributed by atoms with Crippen molar-refractivity contribution in [1.82, 2.24) is 0 Å². The topological polar surface area (TPSA) is 29.5 Å². The van der Waals surface area contributed by atoms with Gasteiger partial charge in [-0.15, -0.1) is 13.2 Å². The minimum absolute atomic E-state index is 0.0907. The van der Waals surface area contributed by atoms with Gasteiger partial charge in [0.15, 0.2) is 0 Å². The Kier molecular flexibility index (Phi) is 2.36. The maximum Gasteiger partial charge on any atom is 0.573 e. The minimum atomic E-state index is -4.69. The second-order valence-electron chi connectivity index (χ2n) is 2.50. The van der Waals surface area contributed by atoms with Crippen LogP contribution in [0.15, 0.2) is 18.2 Å². The molecule has 0 amide bonds. The third-order valence-electron chi connectivity index (χ3n) is 1.38. The van der Waals surface area contributed by atoms with Crippen LogP contribution in [0.5, 0.6) is 11.5 Å². The smallest absolute Gasteiger partial charge is 0.508 e. The number of hydrogen-bond acceptors (Lipinski definition) is 2. The third-order valence-corrected chi connectivity index (χ3v) is 1.38. The standard InChI is InChI=1S/C8H7F3O2/c1-5-4-6(12)2-3-7(5)13-8(9,10)11/h2-4,12H,1H3. The molecule has 1 aromatic rings. The van der Waals surface area contributed by atoms with E-state index in [0.717, 1.165) is 12.1 Å². The molecule has 72 valence electrons. The normalized spacial score (nSPS) is 11.4. The van der Waals surface area contributed by atoms with Crippen LogP contribution in [0.4, 0.5) is 13.2 Å². The van der Waals surface area contributed by atoms with E-state index in [1.165, 1.54) is 13.0 Å². The summed E-state index contributed by atoms with van der Waals surface area (Å²) in [7, 11) is 0. The molecule has 1 rings (SSSR count). The summed E-state index contributed by atoms with van der Waals surface area (Å²) in [5, 5.41) is 8.90. The van der Waals surface area contributed by atoms with Gasteiger partial charge in [-0.2, -0.15) is 0 Å². The van der Waals surface area contributed by atoms with Crippen LogP contribution >= 0.6 is 0 Å². The zero-order valence-corrected chi connectivity index (χ0v) is 6.72. The second-order valence-corrected chi connectivity index (χ2v) is 2.50. The van der Waals surface area contributed by atoms with Crippen LogP contribution in [-0.2, 0) is 0 Å². The molecular formula is C8H7F3O2. The highest BCUT2D eigenvalue weighted by molar-refractivity contribution is 5.38. The Hall–Kier alpha value is -1.39. The monoisotopic (exact) mass is 192 g/mol. The van der Waals surface area contributed by atoms with Crippen molar-refractivity contribution in [2.45, 2.75) is 13.3 Å². The predicted octanol–water partition coefficient (Wildman–Crippen LogP) is 2.60. The Morgan fingerprint density at radius 2 is 1.92 bits per heavy atom. The Balaban J connectivity index is 2.90. The Labute approximate surface area is 72.6 Å². The number of benzene rings is 1. The van der Waals surface area contributed by atoms with Gasteiger partial charge in [-0.05, 0) is 30.7 Å². The van der Waals surface area contributed by atoms with E-state index in [2.05, 4.69) is 4.74 Å². The van der Waals surface area contributed by atoms with Crippen molar-refractivity contribution in [2.75, 3.05) is 0 Å². The highest BCUT2D eigenvalue weighted by Gasteiger charge is 2.31. The summed E-state index contributed by atoms with van der Waals surface area (Å²) in [6, 6.07) is 3.40. The Morgan fingerprint density at radius 3 is 2.38 bits per heavy atom. The van der Waals surface area contributed by atoms with Crippen molar-refractivity contribution >= 4 is 0 Å². The lowest BCUT2D eigenvalue weighted by atomic mass is 10.2. The Bertz CT molecular complexity index is 307. The zero-order valence-electron chi connectivity index (χ0n) is 6.72. The zero-order chi connectivity index (χ0) is 10.1. The molecule has 0 fully saturated rings. The summed E-state index contributed by atoms with van der Waals surface area (Å²) in [5.41, 5.74) is 0.234. The lowest BCUT2D eigenvalue weighted by molar-refractivity contribution is -0.274. The lowest BCUT2D eigenvalue weighted by Crippen LogP contribution is -2.17. The molecule has 0 unspecified atom stereocenters. The molecule has 0 atom stereocenters. The quantitative estimate of drug-likeness (QED) is 0.741. The minimum Gasteiger partial charge on any atom is -0.508 e. The highest BCUT2D eigenvalue weighted by Crippen LogP contribution is 2.28. The molecule has 0 aromatic heterocycles. The number of alkyl halides is 3. The van der Waals surface area contributed by atoms with Gasteiger partial charge < -0.3 is 9.84 Å². The number of aryl methyl sites for hydroxylation is 1. The van der Waals surface area contributed by atoms with E-state index in [4.69, 9.17) is 5.11 Å². The SMILES string of the molecule is Cc1cc(O)ccc1OC(F)(F)F. The van der Waals surface area contributed by atoms with Gasteiger partial charge in [-0.1, -0.05) is 0 Å². The summed E-state index contributed by atoms with van der Waals surface area (Å²) in [6.45, 7) is 1.42. The molecule has 0 saturated heterocycles. The molecule has 5 heteroatoms. The van der Waals surface area contributed by atoms with Gasteiger partial charge in [0.05, 0.1) is 0 Å². The van der Waals surface area contributed by atoms with E-state index in [0.29, 0.717) is 0 Å². The Morgan fingerprint density at radius 1 is 1.31 bits per heavy atom. The molecule has 0 aliphatic heterocycles. The summed E-state index contributed by atoms with van der Waals surface area (Å²) in [5.74, 6) is -0.391. The average molecular weight is 192 g/mol. The first-order chi connectivity index (χ1) is 5.88. The van der Waals surface area contributed by atoms with Crippen LogP contribution < -0.4 is 4.74 Å². The van der Waals surface area contributed by atoms with Crippen LogP contribution in [0.3, 0.4) is 0 Å². The molecule has 0 aliphatic rings. The fourth-order valence-electron chi connectivity index (χ4n) is 0.873. The van der Waals surface area contributed by atoms with Crippen molar-refractivity contribution < 1.29 is 23.0 Å². The molecule has 1 aromatic carbocycles. The van der Waals surface area contributed by atoms with Gasteiger partial charge in [-0.3, -0.25) is 0 Å². The van der Waals surface area contributed by atoms with E-state index in [9.17, 15) is 13.2 Å². The number of ether oxygens (including phenoxy) is 1. The van der Waals surface area contributed by atoms with E-state index in [1.807, 2.05) is 0 Å². The molecule has 1 N–H and O–H groups in total. The molecule has 0 bridgehead atoms. The molecule has 0 radical (unpaired) electrons. The van der Waals surface area contributed by atoms with E-state index in [-0.39, 0.29) is 17.1 Å². The van der Waals surface area contributed by atoms with Crippen LogP contribution in [0, 0.1) is 6.92 Å². The van der Waals surface area contributed by atoms with Gasteiger partial charge >= 0.3 is 6.36 Å². The maximum absolute atomic E-state index is 11.7. The highest BCUT2D eigenvalue weighted by atomic mass is 19.4. The van der Waals surface area contributed by atoms with Crippen LogP contribution in [0.1, 0.15) is 5.56 Å². The second kappa shape index (κ2) is 3.16. The molecule has 0 spiro atoms. The molecular weight excluding hydrogens is 185 g/mol. The summed E-state index contributed by atoms with van der Waals surface area (Å²) in [6.07, 6.45) is -4.69. The molecule has 0 heterocycles. The van der Waals surface area contributed by atoms with Crippen LogP contribution in [-0.4, -0.2) is 11.5 Å². The summed E-state index contributed by atoms with van der Waals surface area (Å²) >= 11 is 0. The fraction of sp³-hybridized carbons (Fsp3) is 0.250. The van der Waals surface area contributed by atoms with Gasteiger partial charge in [-0.25, -0.2) is 0 Å². The van der Waals surface area contributed by atoms with Crippen molar-refractivity contribution in [1.29, 1.82) is 0 Å². The first-order valence-electron chi connectivity index (χ1n) is 3.44. The predicted molar refractivity (Wildman–Crippen MR) is 39.5 cm³/mol. The lowest BCUT2D eigenvalue weighted by Gasteiger charge is -2.10. The van der Waals surface area contributed by atoms with Crippen molar-refractivity contribution in [3.63, 3.8) is 0 Å². The number of phenolic OH excluding ortho intramolecular Hbond substituents is 1. The molecule has 2 nitrogen and oxygen atoms in total. The first-order valence-corrected chi connectivity index (χ1v) is 3.44. The van der Waals surface area contributed by atoms with Crippen molar-refractivity contribution in [2.24, 2.45) is 0 Å². The number of phenols is 1. The van der Waals surface area contributed by atoms with Crippen molar-refractivity contribution in [3.8, 4) is 11.5 Å². The average Bonchev–Trinajstić information content (AvgIpc) is 1.93. The molecule has 13 heavy (non-hydrogen) atoms. The van der Waals surface area contributed by atoms with Gasteiger partial charge in [0.25, 0.3) is 0 Å². The summed E-state index contributed by atoms with van der Waals surface area (Å²) in [4.78, 5) is 0. The van der Waals surface area contributed by atoms with Gasteiger partial charge in [0.1, 0.15) is 11.5 Å². The fourth-order valence-corrected chi connectivity index (χ4v) is 0.873. The molecule has 0 saturated carbocycles. The number of aromatic hydroxyl groups is 1. The third kappa shape index (κ3) is 2.85. The van der Waals surface area contributed by atoms with Crippen LogP contribution in [0.25, 0.3) is 0 Å².